The Bertz CT molecular complexity index is 1680. The van der Waals surface area contributed by atoms with Crippen molar-refractivity contribution in [1.82, 2.24) is 9.55 Å². The van der Waals surface area contributed by atoms with Gasteiger partial charge in [-0.15, -0.1) is 0 Å². The molecule has 0 spiro atoms. The van der Waals surface area contributed by atoms with E-state index in [1.165, 1.54) is 12.1 Å². The molecule has 0 fully saturated rings. The number of anilines is 1. The third kappa shape index (κ3) is 4.20. The minimum absolute atomic E-state index is 0.0586. The summed E-state index contributed by atoms with van der Waals surface area (Å²) < 4.78 is 22.1. The van der Waals surface area contributed by atoms with Crippen molar-refractivity contribution < 1.29 is 14.2 Å². The lowest BCUT2D eigenvalue weighted by atomic mass is 10.0. The smallest absolute Gasteiger partial charge is 0.203 e. The third-order valence-corrected chi connectivity index (χ3v) is 6.79. The second-order valence-electron chi connectivity index (χ2n) is 9.17. The van der Waals surface area contributed by atoms with E-state index in [1.54, 1.807) is 22.9 Å². The highest BCUT2D eigenvalue weighted by Gasteiger charge is 2.25. The summed E-state index contributed by atoms with van der Waals surface area (Å²) in [5.41, 5.74) is 4.33. The van der Waals surface area contributed by atoms with Crippen molar-refractivity contribution in [3.05, 3.63) is 132 Å². The molecular weight excluding hydrogens is 477 g/mol. The maximum Gasteiger partial charge on any atom is 0.203 e. The normalized spacial score (nSPS) is 11.3. The van der Waals surface area contributed by atoms with Crippen LogP contribution >= 0.6 is 0 Å². The van der Waals surface area contributed by atoms with Crippen molar-refractivity contribution in [1.29, 1.82) is 0 Å². The van der Waals surface area contributed by atoms with Gasteiger partial charge >= 0.3 is 0 Å². The van der Waals surface area contributed by atoms with E-state index in [2.05, 4.69) is 5.32 Å². The fourth-order valence-electron chi connectivity index (χ4n) is 5.00. The van der Waals surface area contributed by atoms with Gasteiger partial charge in [-0.25, -0.2) is 4.39 Å². The minimum Gasteiger partial charge on any atom is -0.494 e. The molecule has 0 aliphatic rings. The molecule has 38 heavy (non-hydrogen) atoms. The van der Waals surface area contributed by atoms with Gasteiger partial charge in [0.05, 0.1) is 17.6 Å². The topological polar surface area (TPSA) is 59.3 Å². The molecule has 0 aliphatic carbocycles. The monoisotopic (exact) mass is 503 g/mol. The first-order chi connectivity index (χ1) is 18.6. The average molecular weight is 504 g/mol. The van der Waals surface area contributed by atoms with E-state index in [9.17, 15) is 9.50 Å². The molecule has 6 heteroatoms. The number of fused-ring (bicyclic) bond motifs is 2. The number of hydrogen-bond acceptors (Lipinski definition) is 4. The molecule has 2 aromatic heterocycles. The van der Waals surface area contributed by atoms with Gasteiger partial charge in [-0.3, -0.25) is 4.98 Å². The Morgan fingerprint density at radius 2 is 1.53 bits per heavy atom. The number of nitrogens with one attached hydrogen (secondary N) is 1. The third-order valence-electron chi connectivity index (χ3n) is 6.79. The van der Waals surface area contributed by atoms with Crippen molar-refractivity contribution in [2.45, 2.75) is 12.6 Å². The zero-order valence-electron chi connectivity index (χ0n) is 20.8. The maximum absolute atomic E-state index is 13.5. The van der Waals surface area contributed by atoms with Crippen LogP contribution in [0.15, 0.2) is 109 Å². The molecule has 0 saturated heterocycles. The number of aromatic nitrogens is 2. The zero-order chi connectivity index (χ0) is 26.1. The molecule has 4 aromatic carbocycles. The second-order valence-corrected chi connectivity index (χ2v) is 9.17. The van der Waals surface area contributed by atoms with E-state index in [0.29, 0.717) is 23.2 Å². The molecule has 0 aliphatic heterocycles. The van der Waals surface area contributed by atoms with E-state index < -0.39 is 6.10 Å². The minimum atomic E-state index is -0.425. The Labute approximate surface area is 219 Å². The predicted octanol–water partition coefficient (Wildman–Crippen LogP) is 7.29. The Kier molecular flexibility index (Phi) is 6.14. The van der Waals surface area contributed by atoms with Gasteiger partial charge in [0.1, 0.15) is 17.4 Å². The Morgan fingerprint density at radius 1 is 0.868 bits per heavy atom. The molecular formula is C32H26FN3O2. The van der Waals surface area contributed by atoms with Crippen molar-refractivity contribution in [3.63, 3.8) is 0 Å². The fraction of sp³-hybridized carbons (Fsp3) is 0.0938. The van der Waals surface area contributed by atoms with E-state index in [4.69, 9.17) is 9.72 Å². The van der Waals surface area contributed by atoms with Crippen LogP contribution < -0.4 is 10.1 Å². The molecule has 188 valence electrons. The molecule has 0 bridgehead atoms. The van der Waals surface area contributed by atoms with E-state index in [-0.39, 0.29) is 11.7 Å². The number of ether oxygens (including phenoxy) is 1. The molecule has 0 unspecified atom stereocenters. The van der Waals surface area contributed by atoms with Gasteiger partial charge in [-0.05, 0) is 41.0 Å². The summed E-state index contributed by atoms with van der Waals surface area (Å²) in [5.74, 6) is 0.264. The van der Waals surface area contributed by atoms with Crippen LogP contribution in [-0.2, 0) is 6.54 Å². The number of aromatic hydroxyl groups is 1. The quantitative estimate of drug-likeness (QED) is 0.240. The first-order valence-corrected chi connectivity index (χ1v) is 12.4. The van der Waals surface area contributed by atoms with Gasteiger partial charge < -0.3 is 19.7 Å². The van der Waals surface area contributed by atoms with Gasteiger partial charge in [0.15, 0.2) is 5.75 Å². The summed E-state index contributed by atoms with van der Waals surface area (Å²) in [5, 5.41) is 17.1. The first-order valence-electron chi connectivity index (χ1n) is 12.4. The molecule has 5 nitrogen and oxygen atoms in total. The zero-order valence-corrected chi connectivity index (χ0v) is 20.8. The van der Waals surface area contributed by atoms with Gasteiger partial charge in [0.2, 0.25) is 5.88 Å². The summed E-state index contributed by atoms with van der Waals surface area (Å²) in [4.78, 5) is 4.70. The highest BCUT2D eigenvalue weighted by Crippen LogP contribution is 2.47. The van der Waals surface area contributed by atoms with Crippen LogP contribution in [0.1, 0.15) is 22.8 Å². The standard InChI is InChI=1S/C32H26FN3O2/c1-34-28-25-13-8-18-35-29(25)31(38-30(22-9-4-2-5-10-22)23-11-6-3-7-12-23)27-26(28)20-36(32(27)37)19-21-14-16-24(33)17-15-21/h2-18,20,30,34,37H,19H2,1H3. The number of halogens is 1. The highest BCUT2D eigenvalue weighted by molar-refractivity contribution is 6.16. The lowest BCUT2D eigenvalue weighted by molar-refractivity contribution is 0.252. The molecule has 6 aromatic rings. The molecule has 0 amide bonds. The SMILES string of the molecule is CNc1c2cccnc2c(OC(c2ccccc2)c2ccccc2)c2c(O)n(Cc3ccc(F)cc3)cc12. The van der Waals surface area contributed by atoms with Crippen LogP contribution in [0.25, 0.3) is 21.7 Å². The molecule has 2 heterocycles. The number of benzene rings is 4. The number of hydrogen-bond donors (Lipinski definition) is 2. The van der Waals surface area contributed by atoms with Crippen molar-refractivity contribution in [2.24, 2.45) is 0 Å². The lowest BCUT2D eigenvalue weighted by Crippen LogP contribution is -2.10. The van der Waals surface area contributed by atoms with Crippen molar-refractivity contribution in [2.75, 3.05) is 12.4 Å². The Balaban J connectivity index is 1.58. The Morgan fingerprint density at radius 3 is 2.16 bits per heavy atom. The summed E-state index contributed by atoms with van der Waals surface area (Å²) >= 11 is 0. The van der Waals surface area contributed by atoms with Gasteiger partial charge in [0.25, 0.3) is 0 Å². The van der Waals surface area contributed by atoms with Crippen LogP contribution in [0.3, 0.4) is 0 Å². The van der Waals surface area contributed by atoms with Crippen LogP contribution in [-0.4, -0.2) is 21.7 Å². The van der Waals surface area contributed by atoms with Crippen molar-refractivity contribution in [3.8, 4) is 11.6 Å². The number of nitrogens with zero attached hydrogens (tertiary/aromatic N) is 2. The average Bonchev–Trinajstić information content (AvgIpc) is 3.28. The van der Waals surface area contributed by atoms with Gasteiger partial charge in [-0.2, -0.15) is 0 Å². The molecule has 0 atom stereocenters. The van der Waals surface area contributed by atoms with Crippen LogP contribution in [0.4, 0.5) is 10.1 Å². The van der Waals surface area contributed by atoms with E-state index >= 15 is 0 Å². The highest BCUT2D eigenvalue weighted by atomic mass is 19.1. The van der Waals surface area contributed by atoms with Crippen LogP contribution in [0.5, 0.6) is 11.6 Å². The van der Waals surface area contributed by atoms with E-state index in [0.717, 1.165) is 33.2 Å². The number of rotatable bonds is 7. The second kappa shape index (κ2) is 9.90. The first kappa shape index (κ1) is 23.6. The molecule has 6 rings (SSSR count). The predicted molar refractivity (Wildman–Crippen MR) is 149 cm³/mol. The van der Waals surface area contributed by atoms with E-state index in [1.807, 2.05) is 86.0 Å². The molecule has 2 N–H and O–H groups in total. The fourth-order valence-corrected chi connectivity index (χ4v) is 5.00. The summed E-state index contributed by atoms with van der Waals surface area (Å²) in [7, 11) is 1.85. The van der Waals surface area contributed by atoms with Gasteiger partial charge in [-0.1, -0.05) is 72.8 Å². The van der Waals surface area contributed by atoms with Gasteiger partial charge in [0, 0.05) is 30.2 Å². The largest absolute Gasteiger partial charge is 0.494 e. The summed E-state index contributed by atoms with van der Waals surface area (Å²) in [6.07, 6.45) is 3.21. The number of pyridine rings is 1. The summed E-state index contributed by atoms with van der Waals surface area (Å²) in [6.45, 7) is 0.369. The van der Waals surface area contributed by atoms with Crippen LogP contribution in [0.2, 0.25) is 0 Å². The lowest BCUT2D eigenvalue weighted by Gasteiger charge is -2.22. The Hall–Kier alpha value is -4.84. The van der Waals surface area contributed by atoms with Crippen LogP contribution in [0, 0.1) is 5.82 Å². The maximum atomic E-state index is 13.5. The summed E-state index contributed by atoms with van der Waals surface area (Å²) in [6, 6.07) is 30.2. The van der Waals surface area contributed by atoms with Crippen molar-refractivity contribution >= 4 is 27.4 Å². The molecule has 0 saturated carbocycles. The molecule has 0 radical (unpaired) electrons.